The minimum absolute atomic E-state index is 0.0571. The number of allylic oxidation sites excluding steroid dienone is 22. The Morgan fingerprint density at radius 1 is 0.492 bits per heavy atom. The molecule has 0 spiro atoms. The van der Waals surface area contributed by atoms with Crippen molar-refractivity contribution in [3.05, 3.63) is 134 Å². The van der Waals surface area contributed by atoms with Gasteiger partial charge in [-0.05, 0) is 96.3 Å². The molecule has 0 heterocycles. The Morgan fingerprint density at radius 2 is 0.873 bits per heavy atom. The number of rotatable bonds is 42. The lowest BCUT2D eigenvalue weighted by Crippen LogP contribution is -2.27. The second-order valence-electron chi connectivity index (χ2n) is 15.0. The second-order valence-corrected chi connectivity index (χ2v) is 16.4. The summed E-state index contributed by atoms with van der Waals surface area (Å²) in [6.07, 6.45) is 66.8. The highest BCUT2D eigenvalue weighted by atomic mass is 31.2. The van der Waals surface area contributed by atoms with Crippen molar-refractivity contribution in [2.75, 3.05) is 26.4 Å². The number of ether oxygens (including phenoxy) is 1. The van der Waals surface area contributed by atoms with Crippen LogP contribution in [0.15, 0.2) is 134 Å². The van der Waals surface area contributed by atoms with E-state index in [4.69, 9.17) is 13.8 Å². The maximum Gasteiger partial charge on any atom is 0.472 e. The van der Waals surface area contributed by atoms with Gasteiger partial charge in [-0.1, -0.05) is 180 Å². The smallest absolute Gasteiger partial charge is 0.463 e. The van der Waals surface area contributed by atoms with Gasteiger partial charge in [0.15, 0.2) is 0 Å². The molecule has 0 aromatic heterocycles. The van der Waals surface area contributed by atoms with Crippen molar-refractivity contribution in [1.82, 2.24) is 5.32 Å². The van der Waals surface area contributed by atoms with Crippen LogP contribution in [0, 0.1) is 0 Å². The van der Waals surface area contributed by atoms with Crippen molar-refractivity contribution < 1.29 is 37.9 Å². The molecule has 0 aromatic rings. The van der Waals surface area contributed by atoms with Crippen LogP contribution in [0.2, 0.25) is 0 Å². The fourth-order valence-electron chi connectivity index (χ4n) is 5.61. The Bertz CT molecular complexity index is 1480. The van der Waals surface area contributed by atoms with Gasteiger partial charge < -0.3 is 20.1 Å². The Kier molecular flexibility index (Phi) is 44.7. The SMILES string of the molecule is CC/C=C\C/C=C\C/C=C\C/C=C\C/C=C\C/C=C\CCC(=O)OCC(O)COP(=O)(O)OCCNC(=O)CCCCCCCCC/C=C\C/C=C\C/C=C\C/C=C\C/C=C\CC. The van der Waals surface area contributed by atoms with E-state index in [1.165, 1.54) is 19.3 Å². The molecule has 0 aliphatic carbocycles. The molecule has 0 fully saturated rings. The molecular weight excluding hydrogens is 810 g/mol. The summed E-state index contributed by atoms with van der Waals surface area (Å²) in [5, 5.41) is 12.7. The molecule has 63 heavy (non-hydrogen) atoms. The number of aliphatic hydroxyl groups is 1. The first-order valence-corrected chi connectivity index (χ1v) is 25.2. The molecule has 0 aromatic carbocycles. The van der Waals surface area contributed by atoms with Gasteiger partial charge in [0.25, 0.3) is 0 Å². The quantitative estimate of drug-likeness (QED) is 0.0239. The molecule has 0 aliphatic rings. The van der Waals surface area contributed by atoms with E-state index in [0.29, 0.717) is 12.8 Å². The van der Waals surface area contributed by atoms with Gasteiger partial charge in [0.1, 0.15) is 12.7 Å². The first-order valence-electron chi connectivity index (χ1n) is 23.7. The van der Waals surface area contributed by atoms with Crippen molar-refractivity contribution in [3.63, 3.8) is 0 Å². The molecule has 0 saturated heterocycles. The Labute approximate surface area is 382 Å². The average molecular weight is 894 g/mol. The van der Waals surface area contributed by atoms with Gasteiger partial charge in [-0.3, -0.25) is 18.6 Å². The highest BCUT2D eigenvalue weighted by molar-refractivity contribution is 7.47. The fraction of sp³-hybridized carbons (Fsp3) is 0.547. The molecule has 0 rings (SSSR count). The van der Waals surface area contributed by atoms with Crippen LogP contribution >= 0.6 is 7.82 Å². The molecule has 3 N–H and O–H groups in total. The number of phosphoric ester groups is 1. The van der Waals surface area contributed by atoms with Crippen LogP contribution in [0.25, 0.3) is 0 Å². The Balaban J connectivity index is 3.73. The number of hydrogen-bond donors (Lipinski definition) is 3. The normalized spacial score (nSPS) is 14.4. The molecule has 0 aliphatic heterocycles. The van der Waals surface area contributed by atoms with Crippen LogP contribution in [0.3, 0.4) is 0 Å². The lowest BCUT2D eigenvalue weighted by atomic mass is 10.1. The van der Waals surface area contributed by atoms with Gasteiger partial charge in [0.05, 0.1) is 13.2 Å². The van der Waals surface area contributed by atoms with Crippen LogP contribution in [-0.2, 0) is 27.9 Å². The van der Waals surface area contributed by atoms with Crippen LogP contribution in [0.4, 0.5) is 0 Å². The summed E-state index contributed by atoms with van der Waals surface area (Å²) in [6.45, 7) is 3.20. The first-order chi connectivity index (χ1) is 30.8. The molecule has 1 amide bonds. The van der Waals surface area contributed by atoms with Crippen molar-refractivity contribution in [2.45, 2.75) is 161 Å². The zero-order valence-electron chi connectivity index (χ0n) is 39.0. The third-order valence-corrected chi connectivity index (χ3v) is 10.1. The summed E-state index contributed by atoms with van der Waals surface area (Å²) in [4.78, 5) is 34.0. The average Bonchev–Trinajstić information content (AvgIpc) is 3.27. The van der Waals surface area contributed by atoms with Crippen molar-refractivity contribution in [3.8, 4) is 0 Å². The summed E-state index contributed by atoms with van der Waals surface area (Å²) in [5.41, 5.74) is 0. The van der Waals surface area contributed by atoms with Crippen molar-refractivity contribution in [1.29, 1.82) is 0 Å². The van der Waals surface area contributed by atoms with Crippen molar-refractivity contribution in [2.24, 2.45) is 0 Å². The molecule has 9 nitrogen and oxygen atoms in total. The topological polar surface area (TPSA) is 131 Å². The summed E-state index contributed by atoms with van der Waals surface area (Å²) < 4.78 is 26.9. The highest BCUT2D eigenvalue weighted by Crippen LogP contribution is 2.42. The minimum Gasteiger partial charge on any atom is -0.463 e. The predicted molar refractivity (Wildman–Crippen MR) is 265 cm³/mol. The molecule has 2 unspecified atom stereocenters. The van der Waals surface area contributed by atoms with E-state index in [0.717, 1.165) is 103 Å². The van der Waals surface area contributed by atoms with Crippen LogP contribution in [0.5, 0.6) is 0 Å². The zero-order valence-corrected chi connectivity index (χ0v) is 39.8. The molecule has 2 atom stereocenters. The van der Waals surface area contributed by atoms with Gasteiger partial charge in [0.2, 0.25) is 5.91 Å². The van der Waals surface area contributed by atoms with E-state index < -0.39 is 26.5 Å². The molecule has 10 heteroatoms. The minimum atomic E-state index is -4.45. The van der Waals surface area contributed by atoms with E-state index in [9.17, 15) is 24.2 Å². The number of aliphatic hydroxyl groups excluding tert-OH is 1. The van der Waals surface area contributed by atoms with Crippen molar-refractivity contribution >= 4 is 19.7 Å². The van der Waals surface area contributed by atoms with E-state index >= 15 is 0 Å². The molecule has 0 bridgehead atoms. The number of unbranched alkanes of at least 4 members (excludes halogenated alkanes) is 7. The van der Waals surface area contributed by atoms with Gasteiger partial charge in [-0.2, -0.15) is 0 Å². The highest BCUT2D eigenvalue weighted by Gasteiger charge is 2.23. The molecule has 0 saturated carbocycles. The molecule has 0 radical (unpaired) electrons. The number of carbonyl (C=O) groups excluding carboxylic acids is 2. The van der Waals surface area contributed by atoms with E-state index in [2.05, 4.69) is 141 Å². The number of hydrogen-bond acceptors (Lipinski definition) is 7. The van der Waals surface area contributed by atoms with Gasteiger partial charge in [0, 0.05) is 19.4 Å². The lowest BCUT2D eigenvalue weighted by Gasteiger charge is -2.15. The number of esters is 1. The Hall–Kier alpha value is -3.85. The lowest BCUT2D eigenvalue weighted by molar-refractivity contribution is -0.147. The number of amides is 1. The first kappa shape index (κ1) is 59.1. The third kappa shape index (κ3) is 49.0. The number of carbonyl (C=O) groups is 2. The summed E-state index contributed by atoms with van der Waals surface area (Å²) >= 11 is 0. The number of nitrogens with one attached hydrogen (secondary N) is 1. The van der Waals surface area contributed by atoms with Crippen LogP contribution in [-0.4, -0.2) is 54.3 Å². The summed E-state index contributed by atoms with van der Waals surface area (Å²) in [6, 6.07) is 0. The predicted octanol–water partition coefficient (Wildman–Crippen LogP) is 13.9. The monoisotopic (exact) mass is 894 g/mol. The van der Waals surface area contributed by atoms with Crippen LogP contribution < -0.4 is 5.32 Å². The second kappa shape index (κ2) is 47.6. The molecule has 354 valence electrons. The maximum atomic E-state index is 12.1. The summed E-state index contributed by atoms with van der Waals surface area (Å²) in [5.74, 6) is -0.626. The Morgan fingerprint density at radius 3 is 1.32 bits per heavy atom. The van der Waals surface area contributed by atoms with Crippen LogP contribution in [0.1, 0.15) is 155 Å². The van der Waals surface area contributed by atoms with E-state index in [1.54, 1.807) is 0 Å². The standard InChI is InChI=1S/C53H84NO8P/c1-3-5-7-9-11-13-15-17-19-21-23-24-25-26-28-29-31-33-35-37-39-41-43-45-52(56)54-47-48-61-63(58,59)62-50-51(55)49-60-53(57)46-44-42-40-38-36-34-32-30-27-22-20-18-16-14-12-10-8-6-4-2/h5-8,11-14,17-20,23-24,26-28,30,34,36,40,42,51,55H,3-4,9-10,15-16,21-22,25,29,31-33,35,37-39,41,43-50H2,1-2H3,(H,54,56)(H,58,59)/b7-5-,8-6-,13-11-,14-12-,19-17-,20-18-,24-23-,28-26-,30-27-,36-34-,42-40-. The number of phosphoric acid groups is 1. The van der Waals surface area contributed by atoms with Gasteiger partial charge in [-0.15, -0.1) is 0 Å². The molecular formula is C53H84NO8P. The maximum absolute atomic E-state index is 12.1. The van der Waals surface area contributed by atoms with Gasteiger partial charge >= 0.3 is 13.8 Å². The zero-order chi connectivity index (χ0) is 46.0. The summed E-state index contributed by atoms with van der Waals surface area (Å²) in [7, 11) is -4.45. The third-order valence-electron chi connectivity index (χ3n) is 9.09. The van der Waals surface area contributed by atoms with E-state index in [1.807, 2.05) is 12.2 Å². The largest absolute Gasteiger partial charge is 0.472 e. The van der Waals surface area contributed by atoms with E-state index in [-0.39, 0.29) is 32.1 Å². The fourth-order valence-corrected chi connectivity index (χ4v) is 6.36. The van der Waals surface area contributed by atoms with Gasteiger partial charge in [-0.25, -0.2) is 4.57 Å².